The Labute approximate surface area is 119 Å². The fourth-order valence-corrected chi connectivity index (χ4v) is 3.26. The van der Waals surface area contributed by atoms with Crippen molar-refractivity contribution in [3.63, 3.8) is 0 Å². The number of sulfone groups is 1. The van der Waals surface area contributed by atoms with E-state index in [0.717, 1.165) is 5.56 Å². The number of benzene rings is 2. The molecule has 0 atom stereocenters. The molecule has 0 amide bonds. The van der Waals surface area contributed by atoms with Gasteiger partial charge in [0.2, 0.25) is 0 Å². The van der Waals surface area contributed by atoms with Crippen molar-refractivity contribution in [1.82, 2.24) is 0 Å². The molecule has 106 valence electrons. The van der Waals surface area contributed by atoms with E-state index in [4.69, 9.17) is 10.5 Å². The van der Waals surface area contributed by atoms with Gasteiger partial charge >= 0.3 is 0 Å². The van der Waals surface area contributed by atoms with Gasteiger partial charge in [0.25, 0.3) is 0 Å². The van der Waals surface area contributed by atoms with Crippen LogP contribution in [0.5, 0.6) is 5.75 Å². The van der Waals surface area contributed by atoms with Gasteiger partial charge in [0.05, 0.1) is 23.4 Å². The first kappa shape index (κ1) is 14.4. The molecule has 0 aliphatic heterocycles. The minimum absolute atomic E-state index is 0.0791. The smallest absolute Gasteiger partial charge is 0.182 e. The third-order valence-corrected chi connectivity index (χ3v) is 4.73. The van der Waals surface area contributed by atoms with E-state index < -0.39 is 9.84 Å². The summed E-state index contributed by atoms with van der Waals surface area (Å²) in [6.45, 7) is 1.92. The van der Waals surface area contributed by atoms with E-state index in [1.165, 1.54) is 7.11 Å². The summed E-state index contributed by atoms with van der Waals surface area (Å²) in [6.07, 6.45) is 0. The lowest BCUT2D eigenvalue weighted by atomic mass is 10.2. The molecule has 0 aliphatic carbocycles. The Morgan fingerprint density at radius 1 is 1.10 bits per heavy atom. The van der Waals surface area contributed by atoms with Crippen LogP contribution >= 0.6 is 0 Å². The highest BCUT2D eigenvalue weighted by Crippen LogP contribution is 2.24. The second-order valence-corrected chi connectivity index (χ2v) is 6.64. The van der Waals surface area contributed by atoms with Crippen LogP contribution in [0.2, 0.25) is 0 Å². The Bertz CT molecular complexity index is 706. The molecule has 0 saturated carbocycles. The van der Waals surface area contributed by atoms with E-state index in [9.17, 15) is 8.42 Å². The van der Waals surface area contributed by atoms with Crippen molar-refractivity contribution in [2.75, 3.05) is 12.8 Å². The standard InChI is InChI=1S/C15H17NO3S/c1-11-3-6-13(7-4-11)20(17,18)10-12-5-8-15(19-2)14(16)9-12/h3-9H,10,16H2,1-2H3. The Kier molecular flexibility index (Phi) is 3.99. The monoisotopic (exact) mass is 291 g/mol. The Balaban J connectivity index is 2.28. The summed E-state index contributed by atoms with van der Waals surface area (Å²) in [4.78, 5) is 0.317. The molecule has 2 N–H and O–H groups in total. The zero-order valence-electron chi connectivity index (χ0n) is 11.5. The van der Waals surface area contributed by atoms with Crippen LogP contribution in [-0.4, -0.2) is 15.5 Å². The fourth-order valence-electron chi connectivity index (χ4n) is 1.92. The van der Waals surface area contributed by atoms with Crippen molar-refractivity contribution < 1.29 is 13.2 Å². The number of nitrogens with two attached hydrogens (primary N) is 1. The lowest BCUT2D eigenvalue weighted by molar-refractivity contribution is 0.417. The fraction of sp³-hybridized carbons (Fsp3) is 0.200. The van der Waals surface area contributed by atoms with Crippen molar-refractivity contribution in [2.45, 2.75) is 17.6 Å². The Morgan fingerprint density at radius 3 is 2.30 bits per heavy atom. The molecule has 0 saturated heterocycles. The number of hydrogen-bond acceptors (Lipinski definition) is 4. The summed E-state index contributed by atoms with van der Waals surface area (Å²) >= 11 is 0. The lowest BCUT2D eigenvalue weighted by Gasteiger charge is -2.08. The van der Waals surface area contributed by atoms with Crippen LogP contribution in [0.15, 0.2) is 47.4 Å². The van der Waals surface area contributed by atoms with Crippen molar-refractivity contribution in [3.05, 3.63) is 53.6 Å². The molecule has 0 unspecified atom stereocenters. The largest absolute Gasteiger partial charge is 0.495 e. The van der Waals surface area contributed by atoms with Crippen molar-refractivity contribution in [2.24, 2.45) is 0 Å². The number of ether oxygens (including phenoxy) is 1. The van der Waals surface area contributed by atoms with Crippen LogP contribution in [0.3, 0.4) is 0 Å². The van der Waals surface area contributed by atoms with Gasteiger partial charge in [-0.15, -0.1) is 0 Å². The highest BCUT2D eigenvalue weighted by Gasteiger charge is 2.15. The van der Waals surface area contributed by atoms with Crippen molar-refractivity contribution >= 4 is 15.5 Å². The number of methoxy groups -OCH3 is 1. The molecule has 2 rings (SSSR count). The van der Waals surface area contributed by atoms with E-state index in [0.29, 0.717) is 21.9 Å². The lowest BCUT2D eigenvalue weighted by Crippen LogP contribution is -2.05. The predicted molar refractivity (Wildman–Crippen MR) is 79.5 cm³/mol. The van der Waals surface area contributed by atoms with Crippen LogP contribution in [-0.2, 0) is 15.6 Å². The van der Waals surface area contributed by atoms with Gasteiger partial charge in [0, 0.05) is 0 Å². The van der Waals surface area contributed by atoms with Gasteiger partial charge in [0.15, 0.2) is 9.84 Å². The van der Waals surface area contributed by atoms with Crippen LogP contribution in [0.1, 0.15) is 11.1 Å². The molecule has 4 nitrogen and oxygen atoms in total. The maximum Gasteiger partial charge on any atom is 0.182 e. The predicted octanol–water partition coefficient (Wildman–Crippen LogP) is 2.56. The van der Waals surface area contributed by atoms with Gasteiger partial charge < -0.3 is 10.5 Å². The molecule has 5 heteroatoms. The Hall–Kier alpha value is -2.01. The van der Waals surface area contributed by atoms with Crippen LogP contribution < -0.4 is 10.5 Å². The van der Waals surface area contributed by atoms with Gasteiger partial charge in [-0.05, 0) is 36.8 Å². The summed E-state index contributed by atoms with van der Waals surface area (Å²) in [7, 11) is -1.84. The number of aryl methyl sites for hydroxylation is 1. The van der Waals surface area contributed by atoms with Crippen molar-refractivity contribution in [1.29, 1.82) is 0 Å². The minimum atomic E-state index is -3.36. The highest BCUT2D eigenvalue weighted by atomic mass is 32.2. The third kappa shape index (κ3) is 3.11. The molecule has 0 aromatic heterocycles. The first-order chi connectivity index (χ1) is 9.42. The second kappa shape index (κ2) is 5.54. The van der Waals surface area contributed by atoms with Gasteiger partial charge in [-0.25, -0.2) is 8.42 Å². The second-order valence-electron chi connectivity index (χ2n) is 4.65. The van der Waals surface area contributed by atoms with Crippen LogP contribution in [0, 0.1) is 6.92 Å². The van der Waals surface area contributed by atoms with E-state index in [-0.39, 0.29) is 5.75 Å². The van der Waals surface area contributed by atoms with E-state index >= 15 is 0 Å². The molecule has 0 heterocycles. The number of hydrogen-bond donors (Lipinski definition) is 1. The SMILES string of the molecule is COc1ccc(CS(=O)(=O)c2ccc(C)cc2)cc1N. The molecule has 2 aromatic carbocycles. The summed E-state index contributed by atoms with van der Waals surface area (Å²) < 4.78 is 29.7. The van der Waals surface area contributed by atoms with E-state index in [1.807, 2.05) is 6.92 Å². The zero-order valence-corrected chi connectivity index (χ0v) is 12.3. The quantitative estimate of drug-likeness (QED) is 0.879. The van der Waals surface area contributed by atoms with Crippen LogP contribution in [0.25, 0.3) is 0 Å². The summed E-state index contributed by atoms with van der Waals surface area (Å²) in [5.41, 5.74) is 7.89. The van der Waals surface area contributed by atoms with Gasteiger partial charge in [0.1, 0.15) is 5.75 Å². The first-order valence-electron chi connectivity index (χ1n) is 6.14. The molecule has 0 aliphatic rings. The summed E-state index contributed by atoms with van der Waals surface area (Å²) in [5, 5.41) is 0. The van der Waals surface area contributed by atoms with Crippen molar-refractivity contribution in [3.8, 4) is 5.75 Å². The Morgan fingerprint density at radius 2 is 1.75 bits per heavy atom. The molecule has 2 aromatic rings. The molecular weight excluding hydrogens is 274 g/mol. The zero-order chi connectivity index (χ0) is 14.8. The number of rotatable bonds is 4. The third-order valence-electron chi connectivity index (χ3n) is 3.03. The van der Waals surface area contributed by atoms with Gasteiger partial charge in [-0.2, -0.15) is 0 Å². The normalized spacial score (nSPS) is 11.3. The molecular formula is C15H17NO3S. The summed E-state index contributed by atoms with van der Waals surface area (Å²) in [6, 6.07) is 11.8. The van der Waals surface area contributed by atoms with E-state index in [1.54, 1.807) is 42.5 Å². The maximum atomic E-state index is 12.3. The van der Waals surface area contributed by atoms with Crippen LogP contribution in [0.4, 0.5) is 5.69 Å². The molecule has 0 radical (unpaired) electrons. The highest BCUT2D eigenvalue weighted by molar-refractivity contribution is 7.90. The minimum Gasteiger partial charge on any atom is -0.495 e. The maximum absolute atomic E-state index is 12.3. The average molecular weight is 291 g/mol. The summed E-state index contributed by atoms with van der Waals surface area (Å²) in [5.74, 6) is 0.464. The molecule has 0 spiro atoms. The molecule has 20 heavy (non-hydrogen) atoms. The molecule has 0 fully saturated rings. The number of nitrogen functional groups attached to an aromatic ring is 1. The molecule has 0 bridgehead atoms. The van der Waals surface area contributed by atoms with E-state index in [2.05, 4.69) is 0 Å². The first-order valence-corrected chi connectivity index (χ1v) is 7.79. The van der Waals surface area contributed by atoms with Gasteiger partial charge in [-0.1, -0.05) is 23.8 Å². The number of anilines is 1. The average Bonchev–Trinajstić information content (AvgIpc) is 2.39. The van der Waals surface area contributed by atoms with Gasteiger partial charge in [-0.3, -0.25) is 0 Å². The topological polar surface area (TPSA) is 69.4 Å².